The monoisotopic (exact) mass is 418 g/mol. The Balaban J connectivity index is 1.94. The minimum atomic E-state index is -1.27. The first-order chi connectivity index (χ1) is 13.7. The van der Waals surface area contributed by atoms with Crippen molar-refractivity contribution in [1.82, 2.24) is 0 Å². The minimum Gasteiger partial charge on any atom is -0.454 e. The van der Waals surface area contributed by atoms with Crippen LogP contribution in [0.25, 0.3) is 0 Å². The van der Waals surface area contributed by atoms with E-state index in [0.29, 0.717) is 24.8 Å². The summed E-state index contributed by atoms with van der Waals surface area (Å²) < 4.78 is 5.43. The highest BCUT2D eigenvalue weighted by atomic mass is 16.5. The van der Waals surface area contributed by atoms with Crippen LogP contribution in [-0.2, 0) is 19.1 Å². The molecule has 30 heavy (non-hydrogen) atoms. The van der Waals surface area contributed by atoms with Crippen LogP contribution in [0.3, 0.4) is 0 Å². The van der Waals surface area contributed by atoms with Crippen LogP contribution in [0.15, 0.2) is 12.2 Å². The van der Waals surface area contributed by atoms with Crippen molar-refractivity contribution in [1.29, 1.82) is 0 Å². The molecule has 6 heteroatoms. The van der Waals surface area contributed by atoms with Gasteiger partial charge in [0.1, 0.15) is 5.78 Å². The van der Waals surface area contributed by atoms with Gasteiger partial charge in [-0.3, -0.25) is 14.4 Å². The average molecular weight is 419 g/mol. The highest BCUT2D eigenvalue weighted by Gasteiger charge is 2.75. The van der Waals surface area contributed by atoms with E-state index in [1.165, 1.54) is 0 Å². The lowest BCUT2D eigenvalue weighted by atomic mass is 9.34. The van der Waals surface area contributed by atoms with Gasteiger partial charge in [0.2, 0.25) is 0 Å². The standard InChI is InChI=1S/C24H34O6/c1-11-10-13-22(5)9-8-14(25)21(3,4)16(22)15(26)19(28)24(13,7)17-20(29)30-12(2)18(27)23(11,17)6/h12-13,15-17,19,26,28H,1,8-10H2,2-7H3/t12-,13-,15+,16+,17-,19+,22-,23+,24-/m0/s1. The highest BCUT2D eigenvalue weighted by Crippen LogP contribution is 2.71. The second-order valence-electron chi connectivity index (χ2n) is 11.4. The Hall–Kier alpha value is -1.53. The summed E-state index contributed by atoms with van der Waals surface area (Å²) in [5, 5.41) is 22.9. The zero-order valence-electron chi connectivity index (χ0n) is 18.8. The molecular formula is C24H34O6. The van der Waals surface area contributed by atoms with Crippen LogP contribution in [-0.4, -0.2) is 46.1 Å². The quantitative estimate of drug-likeness (QED) is 0.463. The molecule has 0 radical (unpaired) electrons. The van der Waals surface area contributed by atoms with E-state index in [9.17, 15) is 24.6 Å². The van der Waals surface area contributed by atoms with Crippen LogP contribution < -0.4 is 0 Å². The lowest BCUT2D eigenvalue weighted by Crippen LogP contribution is -2.75. The zero-order chi connectivity index (χ0) is 22.6. The summed E-state index contributed by atoms with van der Waals surface area (Å²) in [5.41, 5.74) is -2.84. The number of fused-ring (bicyclic) bond motifs is 5. The molecule has 4 rings (SSSR count). The van der Waals surface area contributed by atoms with Gasteiger partial charge in [-0.25, -0.2) is 0 Å². The summed E-state index contributed by atoms with van der Waals surface area (Å²) in [6, 6.07) is 0. The molecule has 3 saturated carbocycles. The van der Waals surface area contributed by atoms with Crippen LogP contribution in [0.4, 0.5) is 0 Å². The third-order valence-corrected chi connectivity index (χ3v) is 9.74. The van der Waals surface area contributed by atoms with E-state index in [2.05, 4.69) is 13.5 Å². The molecule has 0 aromatic carbocycles. The Bertz CT molecular complexity index is 860. The summed E-state index contributed by atoms with van der Waals surface area (Å²) in [6.45, 7) is 15.1. The predicted molar refractivity (Wildman–Crippen MR) is 109 cm³/mol. The van der Waals surface area contributed by atoms with E-state index in [0.717, 1.165) is 0 Å². The van der Waals surface area contributed by atoms with Gasteiger partial charge in [0, 0.05) is 23.2 Å². The Morgan fingerprint density at radius 3 is 2.27 bits per heavy atom. The number of cyclic esters (lactones) is 1. The molecule has 1 saturated heterocycles. The number of hydrogen-bond acceptors (Lipinski definition) is 6. The number of carbonyl (C=O) groups excluding carboxylic acids is 3. The number of esters is 1. The van der Waals surface area contributed by atoms with Crippen LogP contribution in [0, 0.1) is 39.4 Å². The first-order valence-corrected chi connectivity index (χ1v) is 11.0. The molecule has 3 aliphatic carbocycles. The van der Waals surface area contributed by atoms with Gasteiger partial charge < -0.3 is 14.9 Å². The number of aliphatic hydroxyl groups excluding tert-OH is 2. The van der Waals surface area contributed by atoms with Crippen LogP contribution >= 0.6 is 0 Å². The van der Waals surface area contributed by atoms with Gasteiger partial charge in [-0.2, -0.15) is 0 Å². The summed E-state index contributed by atoms with van der Waals surface area (Å²) in [6.07, 6.45) is -1.89. The topological polar surface area (TPSA) is 101 Å². The van der Waals surface area contributed by atoms with E-state index >= 15 is 0 Å². The van der Waals surface area contributed by atoms with E-state index in [1.54, 1.807) is 13.8 Å². The van der Waals surface area contributed by atoms with Crippen molar-refractivity contribution in [3.63, 3.8) is 0 Å². The molecule has 1 aliphatic heterocycles. The summed E-state index contributed by atoms with van der Waals surface area (Å²) in [4.78, 5) is 39.2. The van der Waals surface area contributed by atoms with Crippen LogP contribution in [0.1, 0.15) is 60.8 Å². The van der Waals surface area contributed by atoms with Gasteiger partial charge in [0.25, 0.3) is 0 Å². The molecule has 0 aromatic heterocycles. The third kappa shape index (κ3) is 2.19. The second kappa shape index (κ2) is 6.04. The van der Waals surface area contributed by atoms with E-state index < -0.39 is 57.8 Å². The summed E-state index contributed by atoms with van der Waals surface area (Å²) in [7, 11) is 0. The number of allylic oxidation sites excluding steroid dienone is 1. The Labute approximate surface area is 178 Å². The zero-order valence-corrected chi connectivity index (χ0v) is 18.8. The van der Waals surface area contributed by atoms with E-state index in [-0.39, 0.29) is 17.5 Å². The minimum absolute atomic E-state index is 0.0837. The summed E-state index contributed by atoms with van der Waals surface area (Å²) in [5.74, 6) is -2.24. The van der Waals surface area contributed by atoms with Crippen molar-refractivity contribution < 1.29 is 29.3 Å². The molecule has 6 nitrogen and oxygen atoms in total. The molecule has 1 heterocycles. The maximum atomic E-state index is 13.2. The number of ether oxygens (including phenoxy) is 1. The first-order valence-electron chi connectivity index (χ1n) is 11.0. The number of rotatable bonds is 0. The number of aliphatic hydroxyl groups is 2. The number of Topliss-reactive ketones (excluding diaryl/α,β-unsaturated/α-hetero) is 2. The lowest BCUT2D eigenvalue weighted by molar-refractivity contribution is -0.270. The molecule has 0 bridgehead atoms. The molecular weight excluding hydrogens is 384 g/mol. The maximum absolute atomic E-state index is 13.2. The second-order valence-corrected chi connectivity index (χ2v) is 11.4. The van der Waals surface area contributed by atoms with Gasteiger partial charge >= 0.3 is 5.97 Å². The molecule has 0 aromatic rings. The number of carbonyl (C=O) groups is 3. The van der Waals surface area contributed by atoms with Crippen LogP contribution in [0.5, 0.6) is 0 Å². The predicted octanol–water partition coefficient (Wildman–Crippen LogP) is 2.45. The van der Waals surface area contributed by atoms with Gasteiger partial charge in [0.15, 0.2) is 11.9 Å². The van der Waals surface area contributed by atoms with Crippen molar-refractivity contribution in [2.24, 2.45) is 39.4 Å². The molecule has 4 fully saturated rings. The molecule has 0 unspecified atom stereocenters. The van der Waals surface area contributed by atoms with Crippen molar-refractivity contribution in [3.8, 4) is 0 Å². The van der Waals surface area contributed by atoms with Crippen molar-refractivity contribution in [2.75, 3.05) is 0 Å². The SMILES string of the molecule is C=C1C[C@H]2[C@]3(C)CCC(=O)C(C)(C)[C@H]3[C@@H](O)[C@@H](O)[C@]2(C)[C@H]2C(=O)O[C@@H](C)C(=O)[C@]12C. The highest BCUT2D eigenvalue weighted by molar-refractivity contribution is 6.00. The lowest BCUT2D eigenvalue weighted by Gasteiger charge is -2.70. The molecule has 166 valence electrons. The molecule has 9 atom stereocenters. The van der Waals surface area contributed by atoms with Crippen molar-refractivity contribution in [3.05, 3.63) is 12.2 Å². The van der Waals surface area contributed by atoms with E-state index in [1.807, 2.05) is 20.8 Å². The Morgan fingerprint density at radius 2 is 1.67 bits per heavy atom. The van der Waals surface area contributed by atoms with E-state index in [4.69, 9.17) is 4.74 Å². The fourth-order valence-electron chi connectivity index (χ4n) is 8.17. The van der Waals surface area contributed by atoms with Gasteiger partial charge in [0.05, 0.1) is 23.5 Å². The molecule has 4 aliphatic rings. The van der Waals surface area contributed by atoms with Gasteiger partial charge in [-0.15, -0.1) is 0 Å². The van der Waals surface area contributed by atoms with Gasteiger partial charge in [-0.1, -0.05) is 39.8 Å². The smallest absolute Gasteiger partial charge is 0.311 e. The normalized spacial score (nSPS) is 52.8. The largest absolute Gasteiger partial charge is 0.454 e. The van der Waals surface area contributed by atoms with Crippen LogP contribution in [0.2, 0.25) is 0 Å². The molecule has 0 amide bonds. The Kier molecular flexibility index (Phi) is 4.36. The van der Waals surface area contributed by atoms with Crippen molar-refractivity contribution in [2.45, 2.75) is 79.1 Å². The first kappa shape index (κ1) is 21.7. The maximum Gasteiger partial charge on any atom is 0.311 e. The number of hydrogen-bond donors (Lipinski definition) is 2. The van der Waals surface area contributed by atoms with Gasteiger partial charge in [-0.05, 0) is 38.0 Å². The Morgan fingerprint density at radius 1 is 1.07 bits per heavy atom. The van der Waals surface area contributed by atoms with Crippen molar-refractivity contribution >= 4 is 17.5 Å². The average Bonchev–Trinajstić information content (AvgIpc) is 2.64. The summed E-state index contributed by atoms with van der Waals surface area (Å²) >= 11 is 0. The fourth-order valence-corrected chi connectivity index (χ4v) is 8.17. The third-order valence-electron chi connectivity index (χ3n) is 9.74. The molecule has 0 spiro atoms. The number of ketones is 2. The fraction of sp³-hybridized carbons (Fsp3) is 0.792. The molecule has 2 N–H and O–H groups in total.